The Morgan fingerprint density at radius 2 is 1.29 bits per heavy atom. The predicted molar refractivity (Wildman–Crippen MR) is 159 cm³/mol. The summed E-state index contributed by atoms with van der Waals surface area (Å²) in [7, 11) is -0.405. The minimum Gasteiger partial charge on any atom is -0.543 e. The zero-order valence-electron chi connectivity index (χ0n) is 24.7. The van der Waals surface area contributed by atoms with Crippen molar-refractivity contribution < 1.29 is 18.3 Å². The second-order valence-electron chi connectivity index (χ2n) is 11.4. The van der Waals surface area contributed by atoms with Crippen LogP contribution in [-0.2, 0) is 17.6 Å². The Balaban J connectivity index is 1.91. The van der Waals surface area contributed by atoms with E-state index in [4.69, 9.17) is 13.9 Å². The van der Waals surface area contributed by atoms with Crippen LogP contribution in [0.5, 0.6) is 11.5 Å². The van der Waals surface area contributed by atoms with Crippen molar-refractivity contribution in [3.8, 4) is 11.5 Å². The van der Waals surface area contributed by atoms with E-state index in [1.54, 1.807) is 7.11 Å². The molecule has 0 saturated heterocycles. The average Bonchev–Trinajstić information content (AvgIpc) is 2.85. The van der Waals surface area contributed by atoms with Crippen LogP contribution in [0.1, 0.15) is 74.9 Å². The maximum Gasteiger partial charge on any atom is 0.258 e. The van der Waals surface area contributed by atoms with Gasteiger partial charge in [0.05, 0.1) is 0 Å². The maximum atomic E-state index is 13.4. The Morgan fingerprint density at radius 1 is 0.737 bits per heavy atom. The van der Waals surface area contributed by atoms with Crippen LogP contribution in [0.2, 0.25) is 16.6 Å². The SMILES string of the molecule is COCOc1ccc(Cc2c(C)cc(O[Si](C(C)C)(C(C)C)C(C)C)cc2C)cc1Cc1ccc(F)cc1. The fourth-order valence-electron chi connectivity index (χ4n) is 6.02. The van der Waals surface area contributed by atoms with E-state index in [0.717, 1.165) is 29.0 Å². The molecule has 0 radical (unpaired) electrons. The minimum absolute atomic E-state index is 0.184. The summed E-state index contributed by atoms with van der Waals surface area (Å²) >= 11 is 0. The molecule has 0 bridgehead atoms. The van der Waals surface area contributed by atoms with E-state index >= 15 is 0 Å². The Hall–Kier alpha value is -2.63. The van der Waals surface area contributed by atoms with E-state index in [-0.39, 0.29) is 12.6 Å². The van der Waals surface area contributed by atoms with Gasteiger partial charge in [0.15, 0.2) is 6.79 Å². The summed E-state index contributed by atoms with van der Waals surface area (Å²) in [5, 5.41) is 0. The van der Waals surface area contributed by atoms with Gasteiger partial charge in [0.25, 0.3) is 8.32 Å². The number of halogens is 1. The van der Waals surface area contributed by atoms with Gasteiger partial charge in [-0.1, -0.05) is 65.8 Å². The summed E-state index contributed by atoms with van der Waals surface area (Å²) in [5.74, 6) is 1.56. The van der Waals surface area contributed by atoms with Gasteiger partial charge in [-0.3, -0.25) is 0 Å². The van der Waals surface area contributed by atoms with Crippen LogP contribution >= 0.6 is 0 Å². The number of hydrogen-bond acceptors (Lipinski definition) is 3. The normalized spacial score (nSPS) is 12.0. The molecular formula is C33H45FO3Si. The Labute approximate surface area is 230 Å². The van der Waals surface area contributed by atoms with Gasteiger partial charge in [-0.25, -0.2) is 4.39 Å². The molecule has 0 heterocycles. The molecule has 3 nitrogen and oxygen atoms in total. The lowest BCUT2D eigenvalue weighted by Gasteiger charge is -2.42. The van der Waals surface area contributed by atoms with Gasteiger partial charge in [-0.2, -0.15) is 0 Å². The van der Waals surface area contributed by atoms with Gasteiger partial charge in [0.1, 0.15) is 17.3 Å². The van der Waals surface area contributed by atoms with Crippen molar-refractivity contribution >= 4 is 8.32 Å². The van der Waals surface area contributed by atoms with Crippen LogP contribution in [0.4, 0.5) is 4.39 Å². The molecule has 3 aromatic rings. The summed E-state index contributed by atoms with van der Waals surface area (Å²) in [6.07, 6.45) is 1.48. The first kappa shape index (κ1) is 29.9. The van der Waals surface area contributed by atoms with E-state index in [2.05, 4.69) is 79.7 Å². The third kappa shape index (κ3) is 6.86. The standard InChI is InChI=1S/C33H45FO3Si/c1-22(2)38(23(3)4,24(5)6)37-31-16-25(7)32(26(8)17-31)20-28-12-15-33(36-21-35-9)29(19-28)18-27-10-13-30(34)14-11-27/h10-17,19,22-24H,18,20-21H2,1-9H3. The second kappa shape index (κ2) is 12.9. The first-order valence-electron chi connectivity index (χ1n) is 13.7. The van der Waals surface area contributed by atoms with Gasteiger partial charge in [-0.05, 0) is 101 Å². The Kier molecular flexibility index (Phi) is 10.2. The fourth-order valence-corrected chi connectivity index (χ4v) is 11.3. The highest BCUT2D eigenvalue weighted by Crippen LogP contribution is 2.43. The molecule has 3 rings (SSSR count). The molecule has 0 unspecified atom stereocenters. The monoisotopic (exact) mass is 536 g/mol. The fraction of sp³-hybridized carbons (Fsp3) is 0.455. The smallest absolute Gasteiger partial charge is 0.258 e. The highest BCUT2D eigenvalue weighted by molar-refractivity contribution is 6.78. The molecule has 206 valence electrons. The topological polar surface area (TPSA) is 27.7 Å². The zero-order chi connectivity index (χ0) is 28.0. The van der Waals surface area contributed by atoms with Crippen LogP contribution in [0.3, 0.4) is 0 Å². The molecule has 0 fully saturated rings. The van der Waals surface area contributed by atoms with E-state index in [1.165, 1.54) is 34.4 Å². The number of aryl methyl sites for hydroxylation is 2. The van der Waals surface area contributed by atoms with Gasteiger partial charge in [-0.15, -0.1) is 0 Å². The van der Waals surface area contributed by atoms with Crippen molar-refractivity contribution in [3.05, 3.63) is 93.8 Å². The molecular weight excluding hydrogens is 491 g/mol. The molecule has 0 spiro atoms. The molecule has 0 N–H and O–H groups in total. The summed E-state index contributed by atoms with van der Waals surface area (Å²) in [6.45, 7) is 18.5. The predicted octanol–water partition coefficient (Wildman–Crippen LogP) is 9.16. The van der Waals surface area contributed by atoms with Gasteiger partial charge in [0.2, 0.25) is 0 Å². The lowest BCUT2D eigenvalue weighted by molar-refractivity contribution is 0.0505. The first-order valence-corrected chi connectivity index (χ1v) is 15.9. The van der Waals surface area contributed by atoms with Crippen molar-refractivity contribution in [2.24, 2.45) is 0 Å². The molecule has 0 amide bonds. The molecule has 38 heavy (non-hydrogen) atoms. The second-order valence-corrected chi connectivity index (χ2v) is 16.8. The van der Waals surface area contributed by atoms with Gasteiger partial charge in [0, 0.05) is 13.5 Å². The number of benzene rings is 3. The number of ether oxygens (including phenoxy) is 2. The lowest BCUT2D eigenvalue weighted by atomic mass is 9.93. The Morgan fingerprint density at radius 3 is 1.82 bits per heavy atom. The summed E-state index contributed by atoms with van der Waals surface area (Å²) in [6, 6.07) is 17.4. The molecule has 0 aliphatic carbocycles. The van der Waals surface area contributed by atoms with Crippen LogP contribution in [0.25, 0.3) is 0 Å². The number of hydrogen-bond donors (Lipinski definition) is 0. The van der Waals surface area contributed by atoms with E-state index in [0.29, 0.717) is 23.0 Å². The number of methoxy groups -OCH3 is 1. The summed E-state index contributed by atoms with van der Waals surface area (Å²) in [4.78, 5) is 0. The quantitative estimate of drug-likeness (QED) is 0.171. The van der Waals surface area contributed by atoms with Crippen LogP contribution in [0.15, 0.2) is 54.6 Å². The van der Waals surface area contributed by atoms with Crippen molar-refractivity contribution in [3.63, 3.8) is 0 Å². The summed E-state index contributed by atoms with van der Waals surface area (Å²) < 4.78 is 31.4. The molecule has 5 heteroatoms. The Bertz CT molecular complexity index is 1160. The molecule has 0 aliphatic rings. The third-order valence-electron chi connectivity index (χ3n) is 7.82. The van der Waals surface area contributed by atoms with E-state index in [9.17, 15) is 4.39 Å². The van der Waals surface area contributed by atoms with Gasteiger partial charge < -0.3 is 13.9 Å². The first-order chi connectivity index (χ1) is 18.0. The van der Waals surface area contributed by atoms with Crippen LogP contribution in [-0.4, -0.2) is 22.2 Å². The van der Waals surface area contributed by atoms with Crippen LogP contribution < -0.4 is 9.16 Å². The average molecular weight is 537 g/mol. The molecule has 0 aromatic heterocycles. The van der Waals surface area contributed by atoms with E-state index in [1.807, 2.05) is 18.2 Å². The van der Waals surface area contributed by atoms with Crippen molar-refractivity contribution in [2.45, 2.75) is 84.9 Å². The van der Waals surface area contributed by atoms with Crippen molar-refractivity contribution in [1.29, 1.82) is 0 Å². The highest BCUT2D eigenvalue weighted by atomic mass is 28.4. The summed E-state index contributed by atoms with van der Waals surface area (Å²) in [5.41, 5.74) is 8.71. The molecule has 0 saturated carbocycles. The zero-order valence-corrected chi connectivity index (χ0v) is 25.7. The molecule has 3 aromatic carbocycles. The van der Waals surface area contributed by atoms with Gasteiger partial charge >= 0.3 is 0 Å². The largest absolute Gasteiger partial charge is 0.543 e. The molecule has 0 aliphatic heterocycles. The number of rotatable bonds is 12. The minimum atomic E-state index is -2.02. The van der Waals surface area contributed by atoms with Crippen molar-refractivity contribution in [1.82, 2.24) is 0 Å². The lowest BCUT2D eigenvalue weighted by Crippen LogP contribution is -2.50. The van der Waals surface area contributed by atoms with Crippen molar-refractivity contribution in [2.75, 3.05) is 13.9 Å². The maximum absolute atomic E-state index is 13.4. The third-order valence-corrected chi connectivity index (χ3v) is 13.8. The highest BCUT2D eigenvalue weighted by Gasteiger charge is 2.47. The van der Waals surface area contributed by atoms with E-state index < -0.39 is 8.32 Å². The molecule has 0 atom stereocenters. The van der Waals surface area contributed by atoms with Crippen LogP contribution in [0, 0.1) is 19.7 Å².